The number of aryl methyl sites for hydroxylation is 1. The van der Waals surface area contributed by atoms with Crippen molar-refractivity contribution in [1.82, 2.24) is 9.55 Å². The molecule has 0 aliphatic heterocycles. The fourth-order valence-electron chi connectivity index (χ4n) is 1.88. The summed E-state index contributed by atoms with van der Waals surface area (Å²) in [5.41, 5.74) is 5.80. The first-order chi connectivity index (χ1) is 10.1. The van der Waals surface area contributed by atoms with E-state index in [0.717, 1.165) is 13.0 Å². The molecule has 7 heteroatoms. The van der Waals surface area contributed by atoms with Crippen LogP contribution in [0, 0.1) is 0 Å². The first-order valence-electron chi connectivity index (χ1n) is 6.41. The van der Waals surface area contributed by atoms with Gasteiger partial charge in [-0.1, -0.05) is 0 Å². The van der Waals surface area contributed by atoms with E-state index >= 15 is 0 Å². The summed E-state index contributed by atoms with van der Waals surface area (Å²) < 4.78 is 12.7. The van der Waals surface area contributed by atoms with Crippen LogP contribution in [0.15, 0.2) is 30.9 Å². The minimum Gasteiger partial charge on any atom is -0.493 e. The Bertz CT molecular complexity index is 611. The van der Waals surface area contributed by atoms with Gasteiger partial charge in [-0.05, 0) is 6.42 Å². The molecule has 0 aliphatic rings. The molecule has 7 nitrogen and oxygen atoms in total. The molecule has 1 aromatic heterocycles. The minimum absolute atomic E-state index is 0.000379. The first kappa shape index (κ1) is 14.7. The van der Waals surface area contributed by atoms with Crippen molar-refractivity contribution in [2.45, 2.75) is 13.0 Å². The lowest BCUT2D eigenvalue weighted by atomic mass is 10.1. The second kappa shape index (κ2) is 6.65. The van der Waals surface area contributed by atoms with E-state index in [1.54, 1.807) is 12.5 Å². The Balaban J connectivity index is 2.00. The van der Waals surface area contributed by atoms with Crippen molar-refractivity contribution in [2.75, 3.05) is 19.5 Å². The summed E-state index contributed by atoms with van der Waals surface area (Å²) in [4.78, 5) is 15.0. The average Bonchev–Trinajstić information content (AvgIpc) is 2.97. The van der Waals surface area contributed by atoms with Crippen molar-refractivity contribution in [2.24, 2.45) is 0 Å². The summed E-state index contributed by atoms with van der Waals surface area (Å²) in [7, 11) is 1.48. The fourth-order valence-corrected chi connectivity index (χ4v) is 1.88. The van der Waals surface area contributed by atoms with E-state index < -0.39 is 5.97 Å². The Morgan fingerprint density at radius 3 is 2.86 bits per heavy atom. The molecule has 112 valence electrons. The Kier molecular flexibility index (Phi) is 4.65. The van der Waals surface area contributed by atoms with Gasteiger partial charge in [0.05, 0.1) is 31.3 Å². The zero-order valence-electron chi connectivity index (χ0n) is 11.7. The van der Waals surface area contributed by atoms with E-state index in [4.69, 9.17) is 20.3 Å². The molecule has 0 saturated heterocycles. The van der Waals surface area contributed by atoms with Crippen molar-refractivity contribution in [3.63, 3.8) is 0 Å². The number of aromatic carboxylic acids is 1. The summed E-state index contributed by atoms with van der Waals surface area (Å²) in [6, 6.07) is 2.84. The van der Waals surface area contributed by atoms with Crippen LogP contribution in [0.4, 0.5) is 5.69 Å². The average molecular weight is 291 g/mol. The van der Waals surface area contributed by atoms with Crippen molar-refractivity contribution in [3.05, 3.63) is 36.4 Å². The molecular formula is C14H17N3O4. The van der Waals surface area contributed by atoms with Crippen molar-refractivity contribution >= 4 is 11.7 Å². The lowest BCUT2D eigenvalue weighted by Gasteiger charge is -2.13. The van der Waals surface area contributed by atoms with E-state index in [0.29, 0.717) is 18.1 Å². The molecule has 2 rings (SSSR count). The van der Waals surface area contributed by atoms with Gasteiger partial charge in [-0.2, -0.15) is 0 Å². The van der Waals surface area contributed by atoms with Crippen LogP contribution in [0.1, 0.15) is 16.8 Å². The number of rotatable bonds is 7. The lowest BCUT2D eigenvalue weighted by molar-refractivity contribution is 0.0697. The number of methoxy groups -OCH3 is 1. The third-order valence-corrected chi connectivity index (χ3v) is 2.94. The molecule has 0 radical (unpaired) electrons. The molecule has 1 heterocycles. The van der Waals surface area contributed by atoms with Gasteiger partial charge in [0.1, 0.15) is 0 Å². The van der Waals surface area contributed by atoms with Gasteiger partial charge in [0.2, 0.25) is 0 Å². The van der Waals surface area contributed by atoms with E-state index in [1.165, 1.54) is 19.2 Å². The summed E-state index contributed by atoms with van der Waals surface area (Å²) in [6.45, 7) is 1.20. The van der Waals surface area contributed by atoms with E-state index in [-0.39, 0.29) is 11.3 Å². The highest BCUT2D eigenvalue weighted by atomic mass is 16.5. The number of carbonyl (C=O) groups is 1. The normalized spacial score (nSPS) is 10.3. The zero-order valence-corrected chi connectivity index (χ0v) is 11.7. The molecule has 0 unspecified atom stereocenters. The fraction of sp³-hybridized carbons (Fsp3) is 0.286. The van der Waals surface area contributed by atoms with Crippen LogP contribution in [0.2, 0.25) is 0 Å². The van der Waals surface area contributed by atoms with Crippen LogP contribution in [-0.2, 0) is 6.54 Å². The summed E-state index contributed by atoms with van der Waals surface area (Å²) in [5, 5.41) is 9.06. The minimum atomic E-state index is -1.10. The predicted octanol–water partition coefficient (Wildman–Crippen LogP) is 1.64. The quantitative estimate of drug-likeness (QED) is 0.594. The van der Waals surface area contributed by atoms with E-state index in [2.05, 4.69) is 4.98 Å². The van der Waals surface area contributed by atoms with Gasteiger partial charge < -0.3 is 24.9 Å². The molecule has 0 spiro atoms. The second-order valence-corrected chi connectivity index (χ2v) is 4.40. The maximum atomic E-state index is 11.1. The smallest absolute Gasteiger partial charge is 0.337 e. The van der Waals surface area contributed by atoms with Crippen molar-refractivity contribution in [1.29, 1.82) is 0 Å². The Morgan fingerprint density at radius 1 is 1.43 bits per heavy atom. The molecule has 0 aliphatic carbocycles. The number of nitrogens with two attached hydrogens (primary N) is 1. The lowest BCUT2D eigenvalue weighted by Crippen LogP contribution is -2.07. The molecule has 21 heavy (non-hydrogen) atoms. The number of imidazole rings is 1. The molecular weight excluding hydrogens is 274 g/mol. The highest BCUT2D eigenvalue weighted by molar-refractivity contribution is 5.94. The van der Waals surface area contributed by atoms with Gasteiger partial charge in [-0.3, -0.25) is 0 Å². The molecule has 0 atom stereocenters. The van der Waals surface area contributed by atoms with Gasteiger partial charge in [0, 0.05) is 31.1 Å². The van der Waals surface area contributed by atoms with Crippen LogP contribution in [0.5, 0.6) is 11.5 Å². The SMILES string of the molecule is COc1cc(N)c(C(=O)O)cc1OCCCn1ccnc1. The molecule has 0 fully saturated rings. The molecule has 2 aromatic rings. The molecule has 1 aromatic carbocycles. The largest absolute Gasteiger partial charge is 0.493 e. The molecule has 0 amide bonds. The number of benzene rings is 1. The summed E-state index contributed by atoms with van der Waals surface area (Å²) in [5.74, 6) is -0.312. The highest BCUT2D eigenvalue weighted by Crippen LogP contribution is 2.32. The molecule has 3 N–H and O–H groups in total. The number of hydrogen-bond donors (Lipinski definition) is 2. The molecule has 0 saturated carbocycles. The first-order valence-corrected chi connectivity index (χ1v) is 6.41. The van der Waals surface area contributed by atoms with Gasteiger partial charge in [0.15, 0.2) is 11.5 Å². The number of aromatic nitrogens is 2. The Hall–Kier alpha value is -2.70. The number of ether oxygens (including phenoxy) is 2. The van der Waals surface area contributed by atoms with Crippen LogP contribution < -0.4 is 15.2 Å². The maximum Gasteiger partial charge on any atom is 0.337 e. The van der Waals surface area contributed by atoms with Crippen molar-refractivity contribution in [3.8, 4) is 11.5 Å². The number of hydrogen-bond acceptors (Lipinski definition) is 5. The van der Waals surface area contributed by atoms with E-state index in [9.17, 15) is 4.79 Å². The predicted molar refractivity (Wildman–Crippen MR) is 76.7 cm³/mol. The Labute approximate surface area is 121 Å². The van der Waals surface area contributed by atoms with Crippen molar-refractivity contribution < 1.29 is 19.4 Å². The van der Waals surface area contributed by atoms with Gasteiger partial charge >= 0.3 is 5.97 Å². The van der Waals surface area contributed by atoms with Gasteiger partial charge in [0.25, 0.3) is 0 Å². The highest BCUT2D eigenvalue weighted by Gasteiger charge is 2.14. The zero-order chi connectivity index (χ0) is 15.2. The number of nitrogen functional groups attached to an aromatic ring is 1. The number of carboxylic acid groups (broad SMARTS) is 1. The summed E-state index contributed by atoms with van der Waals surface area (Å²) in [6.07, 6.45) is 6.06. The van der Waals surface area contributed by atoms with Crippen LogP contribution in [0.25, 0.3) is 0 Å². The summed E-state index contributed by atoms with van der Waals surface area (Å²) >= 11 is 0. The molecule has 0 bridgehead atoms. The number of nitrogens with zero attached hydrogens (tertiary/aromatic N) is 2. The van der Waals surface area contributed by atoms with Crippen LogP contribution >= 0.6 is 0 Å². The third kappa shape index (κ3) is 3.65. The second-order valence-electron chi connectivity index (χ2n) is 4.40. The maximum absolute atomic E-state index is 11.1. The number of carboxylic acids is 1. The van der Waals surface area contributed by atoms with E-state index in [1.807, 2.05) is 10.8 Å². The third-order valence-electron chi connectivity index (χ3n) is 2.94. The van der Waals surface area contributed by atoms with Crippen LogP contribution in [0.3, 0.4) is 0 Å². The van der Waals surface area contributed by atoms with Gasteiger partial charge in [-0.25, -0.2) is 9.78 Å². The number of anilines is 1. The monoisotopic (exact) mass is 291 g/mol. The standard InChI is InChI=1S/C14H17N3O4/c1-20-12-8-11(15)10(14(18)19)7-13(12)21-6-2-4-17-5-3-16-9-17/h3,5,7-9H,2,4,6,15H2,1H3,(H,18,19). The van der Waals surface area contributed by atoms with Gasteiger partial charge in [-0.15, -0.1) is 0 Å². The topological polar surface area (TPSA) is 99.6 Å². The van der Waals surface area contributed by atoms with Crippen LogP contribution in [-0.4, -0.2) is 34.3 Å². The Morgan fingerprint density at radius 2 is 2.24 bits per heavy atom.